The smallest absolute Gasteiger partial charge is 0.0486 e. The van der Waals surface area contributed by atoms with Crippen molar-refractivity contribution in [2.24, 2.45) is 0 Å². The Balaban J connectivity index is 2.13. The zero-order valence-corrected chi connectivity index (χ0v) is 11.5. The second-order valence-corrected chi connectivity index (χ2v) is 5.00. The van der Waals surface area contributed by atoms with Gasteiger partial charge in [-0.2, -0.15) is 0 Å². The summed E-state index contributed by atoms with van der Waals surface area (Å²) in [6, 6.07) is 10.9. The van der Waals surface area contributed by atoms with Gasteiger partial charge in [0.2, 0.25) is 0 Å². The molecule has 0 aliphatic heterocycles. The molecule has 18 heavy (non-hydrogen) atoms. The number of aryl methyl sites for hydroxylation is 2. The Labute approximate surface area is 110 Å². The quantitative estimate of drug-likeness (QED) is 0.676. The highest BCUT2D eigenvalue weighted by Gasteiger charge is 2.07. The highest BCUT2D eigenvalue weighted by atomic mass is 14.7. The van der Waals surface area contributed by atoms with Crippen molar-refractivity contribution in [2.75, 3.05) is 0 Å². The van der Waals surface area contributed by atoms with Crippen molar-refractivity contribution < 1.29 is 0 Å². The molecule has 96 valence electrons. The van der Waals surface area contributed by atoms with Gasteiger partial charge in [0, 0.05) is 17.5 Å². The van der Waals surface area contributed by atoms with Crippen LogP contribution < -0.4 is 0 Å². The largest absolute Gasteiger partial charge is 0.361 e. The first kappa shape index (κ1) is 12.9. The molecule has 1 aromatic heterocycles. The van der Waals surface area contributed by atoms with Gasteiger partial charge in [-0.25, -0.2) is 0 Å². The average molecular weight is 241 g/mol. The molecule has 1 N–H and O–H groups in total. The maximum absolute atomic E-state index is 3.36. The molecular formula is C17H23N. The molecule has 0 bridgehead atoms. The lowest BCUT2D eigenvalue weighted by atomic mass is 9.97. The van der Waals surface area contributed by atoms with Crippen LogP contribution in [0.4, 0.5) is 0 Å². The minimum atomic E-state index is 1.19. The third-order valence-corrected chi connectivity index (χ3v) is 3.54. The van der Waals surface area contributed by atoms with Crippen LogP contribution in [0.3, 0.4) is 0 Å². The summed E-state index contributed by atoms with van der Waals surface area (Å²) in [5, 5.41) is 0. The Morgan fingerprint density at radius 3 is 2.56 bits per heavy atom. The first-order chi connectivity index (χ1) is 8.83. The average Bonchev–Trinajstić information content (AvgIpc) is 2.81. The molecule has 0 spiro atoms. The van der Waals surface area contributed by atoms with Gasteiger partial charge < -0.3 is 4.98 Å². The van der Waals surface area contributed by atoms with E-state index in [0.717, 1.165) is 0 Å². The number of H-pyrrole nitrogens is 1. The fourth-order valence-electron chi connectivity index (χ4n) is 2.46. The number of unbranched alkanes of at least 4 members (excludes halogenated alkanes) is 3. The van der Waals surface area contributed by atoms with Gasteiger partial charge in [-0.1, -0.05) is 50.5 Å². The van der Waals surface area contributed by atoms with Gasteiger partial charge in [0.15, 0.2) is 0 Å². The predicted molar refractivity (Wildman–Crippen MR) is 78.8 cm³/mol. The highest BCUT2D eigenvalue weighted by molar-refractivity contribution is 5.67. The minimum Gasteiger partial charge on any atom is -0.361 e. The monoisotopic (exact) mass is 241 g/mol. The standard InChI is InChI=1S/C17H23N/c1-3-4-5-6-9-15-10-7-8-11-16(15)17-14(2)12-13-18-17/h7-8,10-13,18H,3-6,9H2,1-2H3. The molecule has 0 aliphatic carbocycles. The molecule has 0 saturated carbocycles. The van der Waals surface area contributed by atoms with Gasteiger partial charge in [0.25, 0.3) is 0 Å². The molecule has 1 heteroatoms. The van der Waals surface area contributed by atoms with Gasteiger partial charge in [0.1, 0.15) is 0 Å². The number of hydrogen-bond acceptors (Lipinski definition) is 0. The third kappa shape index (κ3) is 3.04. The molecule has 1 heterocycles. The molecule has 0 saturated heterocycles. The van der Waals surface area contributed by atoms with Gasteiger partial charge in [-0.15, -0.1) is 0 Å². The maximum atomic E-state index is 3.36. The van der Waals surface area contributed by atoms with Gasteiger partial charge in [-0.05, 0) is 37.0 Å². The van der Waals surface area contributed by atoms with E-state index in [0.29, 0.717) is 0 Å². The van der Waals surface area contributed by atoms with E-state index in [-0.39, 0.29) is 0 Å². The second kappa shape index (κ2) is 6.44. The first-order valence-electron chi connectivity index (χ1n) is 7.05. The Bertz CT molecular complexity index is 482. The van der Waals surface area contributed by atoms with E-state index in [1.54, 1.807) is 0 Å². The molecule has 0 amide bonds. The molecule has 0 fully saturated rings. The van der Waals surface area contributed by atoms with Gasteiger partial charge in [0.05, 0.1) is 0 Å². The van der Waals surface area contributed by atoms with Crippen molar-refractivity contribution in [1.29, 1.82) is 0 Å². The summed E-state index contributed by atoms with van der Waals surface area (Å²) in [5.74, 6) is 0. The summed E-state index contributed by atoms with van der Waals surface area (Å²) >= 11 is 0. The Hall–Kier alpha value is -1.50. The van der Waals surface area contributed by atoms with Crippen LogP contribution in [-0.4, -0.2) is 4.98 Å². The molecule has 0 unspecified atom stereocenters. The molecular weight excluding hydrogens is 218 g/mol. The second-order valence-electron chi connectivity index (χ2n) is 5.00. The van der Waals surface area contributed by atoms with E-state index >= 15 is 0 Å². The van der Waals surface area contributed by atoms with Crippen LogP contribution in [0.15, 0.2) is 36.5 Å². The number of aromatic nitrogens is 1. The van der Waals surface area contributed by atoms with Crippen LogP contribution in [0.5, 0.6) is 0 Å². The summed E-state index contributed by atoms with van der Waals surface area (Å²) in [5.41, 5.74) is 5.45. The fraction of sp³-hybridized carbons (Fsp3) is 0.412. The molecule has 2 rings (SSSR count). The predicted octanol–water partition coefficient (Wildman–Crippen LogP) is 5.11. The van der Waals surface area contributed by atoms with Crippen molar-refractivity contribution in [1.82, 2.24) is 4.98 Å². The van der Waals surface area contributed by atoms with Crippen LogP contribution in [0.25, 0.3) is 11.3 Å². The Morgan fingerprint density at radius 1 is 1.00 bits per heavy atom. The van der Waals surface area contributed by atoms with Crippen LogP contribution in [0.1, 0.15) is 43.7 Å². The number of hydrogen-bond donors (Lipinski definition) is 1. The highest BCUT2D eigenvalue weighted by Crippen LogP contribution is 2.26. The van der Waals surface area contributed by atoms with E-state index < -0.39 is 0 Å². The number of benzene rings is 1. The Morgan fingerprint density at radius 2 is 1.83 bits per heavy atom. The third-order valence-electron chi connectivity index (χ3n) is 3.54. The van der Waals surface area contributed by atoms with Crippen molar-refractivity contribution >= 4 is 0 Å². The summed E-state index contributed by atoms with van der Waals surface area (Å²) in [6.07, 6.45) is 8.51. The molecule has 1 nitrogen and oxygen atoms in total. The molecule has 2 aromatic rings. The Kier molecular flexibility index (Phi) is 4.63. The first-order valence-corrected chi connectivity index (χ1v) is 7.05. The minimum absolute atomic E-state index is 1.19. The lowest BCUT2D eigenvalue weighted by Crippen LogP contribution is -1.92. The normalized spacial score (nSPS) is 10.8. The zero-order chi connectivity index (χ0) is 12.8. The van der Waals surface area contributed by atoms with Crippen LogP contribution >= 0.6 is 0 Å². The van der Waals surface area contributed by atoms with E-state index in [9.17, 15) is 0 Å². The number of rotatable bonds is 6. The van der Waals surface area contributed by atoms with Crippen LogP contribution in [0.2, 0.25) is 0 Å². The van der Waals surface area contributed by atoms with Crippen molar-refractivity contribution in [3.8, 4) is 11.3 Å². The summed E-state index contributed by atoms with van der Waals surface area (Å²) in [4.78, 5) is 3.36. The van der Waals surface area contributed by atoms with Crippen molar-refractivity contribution in [3.63, 3.8) is 0 Å². The van der Waals surface area contributed by atoms with E-state index in [4.69, 9.17) is 0 Å². The molecule has 0 radical (unpaired) electrons. The van der Waals surface area contributed by atoms with Gasteiger partial charge >= 0.3 is 0 Å². The number of nitrogens with one attached hydrogen (secondary N) is 1. The summed E-state index contributed by atoms with van der Waals surface area (Å²) in [6.45, 7) is 4.43. The zero-order valence-electron chi connectivity index (χ0n) is 11.5. The van der Waals surface area contributed by atoms with E-state index in [1.807, 2.05) is 6.20 Å². The van der Waals surface area contributed by atoms with E-state index in [1.165, 1.54) is 54.5 Å². The van der Waals surface area contributed by atoms with Crippen LogP contribution in [-0.2, 0) is 6.42 Å². The number of aromatic amines is 1. The summed E-state index contributed by atoms with van der Waals surface area (Å²) in [7, 11) is 0. The van der Waals surface area contributed by atoms with Crippen LogP contribution in [0, 0.1) is 6.92 Å². The summed E-state index contributed by atoms with van der Waals surface area (Å²) < 4.78 is 0. The lowest BCUT2D eigenvalue weighted by Gasteiger charge is -2.09. The molecule has 0 aliphatic rings. The van der Waals surface area contributed by atoms with Crippen molar-refractivity contribution in [3.05, 3.63) is 47.7 Å². The topological polar surface area (TPSA) is 15.8 Å². The maximum Gasteiger partial charge on any atom is 0.0486 e. The van der Waals surface area contributed by atoms with Gasteiger partial charge in [-0.3, -0.25) is 0 Å². The SMILES string of the molecule is CCCCCCc1ccccc1-c1[nH]ccc1C. The molecule has 1 aromatic carbocycles. The lowest BCUT2D eigenvalue weighted by molar-refractivity contribution is 0.667. The fourth-order valence-corrected chi connectivity index (χ4v) is 2.46. The van der Waals surface area contributed by atoms with E-state index in [2.05, 4.69) is 49.2 Å². The molecule has 0 atom stereocenters. The van der Waals surface area contributed by atoms with Crippen molar-refractivity contribution in [2.45, 2.75) is 46.0 Å².